The van der Waals surface area contributed by atoms with Gasteiger partial charge in [0, 0.05) is 31.9 Å². The predicted octanol–water partition coefficient (Wildman–Crippen LogP) is 1.84. The molecule has 0 spiro atoms. The second-order valence-corrected chi connectivity index (χ2v) is 4.82. The number of aryl methyl sites for hydroxylation is 3. The van der Waals surface area contributed by atoms with E-state index in [4.69, 9.17) is 0 Å². The van der Waals surface area contributed by atoms with Crippen LogP contribution in [0.25, 0.3) is 0 Å². The first kappa shape index (κ1) is 13.8. The van der Waals surface area contributed by atoms with Crippen LogP contribution in [0.15, 0.2) is 18.3 Å². The monoisotopic (exact) mass is 261 g/mol. The quantitative estimate of drug-likeness (QED) is 0.863. The van der Waals surface area contributed by atoms with Gasteiger partial charge >= 0.3 is 0 Å². The number of hydrogen-bond acceptors (Lipinski definition) is 3. The standard InChI is InChI=1S/C14H23N5/c1-5-15-14(13-7-8-18(4)17-13)10-12-9-11(3)16-19(12)6-2/h7-9,14-15H,5-6,10H2,1-4H3. The van der Waals surface area contributed by atoms with Gasteiger partial charge in [0.1, 0.15) is 0 Å². The molecule has 2 aromatic heterocycles. The molecular weight excluding hydrogens is 238 g/mol. The minimum atomic E-state index is 0.243. The lowest BCUT2D eigenvalue weighted by Crippen LogP contribution is -2.24. The molecule has 2 rings (SSSR count). The number of rotatable bonds is 6. The van der Waals surface area contributed by atoms with Gasteiger partial charge in [-0.05, 0) is 32.5 Å². The molecule has 5 nitrogen and oxygen atoms in total. The largest absolute Gasteiger partial charge is 0.309 e. The van der Waals surface area contributed by atoms with E-state index in [9.17, 15) is 0 Å². The van der Waals surface area contributed by atoms with Crippen LogP contribution in [0.4, 0.5) is 0 Å². The summed E-state index contributed by atoms with van der Waals surface area (Å²) in [6.07, 6.45) is 2.90. The van der Waals surface area contributed by atoms with Gasteiger partial charge in [0.05, 0.1) is 17.4 Å². The Morgan fingerprint density at radius 1 is 1.32 bits per heavy atom. The molecule has 0 amide bonds. The summed E-state index contributed by atoms with van der Waals surface area (Å²) in [6, 6.07) is 4.48. The van der Waals surface area contributed by atoms with Gasteiger partial charge in [-0.25, -0.2) is 0 Å². The molecule has 0 aromatic carbocycles. The van der Waals surface area contributed by atoms with E-state index < -0.39 is 0 Å². The van der Waals surface area contributed by atoms with Gasteiger partial charge in [-0.1, -0.05) is 6.92 Å². The first-order valence-corrected chi connectivity index (χ1v) is 6.90. The Morgan fingerprint density at radius 3 is 2.68 bits per heavy atom. The first-order chi connectivity index (χ1) is 9.13. The van der Waals surface area contributed by atoms with Crippen LogP contribution in [0, 0.1) is 6.92 Å². The van der Waals surface area contributed by atoms with E-state index in [0.29, 0.717) is 0 Å². The van der Waals surface area contributed by atoms with E-state index in [-0.39, 0.29) is 6.04 Å². The highest BCUT2D eigenvalue weighted by Gasteiger charge is 2.16. The van der Waals surface area contributed by atoms with E-state index in [2.05, 4.69) is 46.2 Å². The Labute approximate surface area is 114 Å². The lowest BCUT2D eigenvalue weighted by molar-refractivity contribution is 0.501. The summed E-state index contributed by atoms with van der Waals surface area (Å²) in [5, 5.41) is 12.5. The smallest absolute Gasteiger partial charge is 0.0797 e. The van der Waals surface area contributed by atoms with Crippen LogP contribution in [-0.2, 0) is 20.0 Å². The van der Waals surface area contributed by atoms with Crippen molar-refractivity contribution in [2.24, 2.45) is 7.05 Å². The Balaban J connectivity index is 2.20. The molecule has 0 saturated heterocycles. The molecule has 0 bridgehead atoms. The zero-order chi connectivity index (χ0) is 13.8. The molecule has 1 unspecified atom stereocenters. The van der Waals surface area contributed by atoms with Crippen molar-refractivity contribution in [3.8, 4) is 0 Å². The van der Waals surface area contributed by atoms with Crippen LogP contribution in [0.2, 0.25) is 0 Å². The topological polar surface area (TPSA) is 47.7 Å². The first-order valence-electron chi connectivity index (χ1n) is 6.90. The van der Waals surface area contributed by atoms with Crippen LogP contribution in [0.5, 0.6) is 0 Å². The van der Waals surface area contributed by atoms with Gasteiger partial charge in [0.25, 0.3) is 0 Å². The number of hydrogen-bond donors (Lipinski definition) is 1. The predicted molar refractivity (Wildman–Crippen MR) is 76.0 cm³/mol. The highest BCUT2D eigenvalue weighted by Crippen LogP contribution is 2.17. The van der Waals surface area contributed by atoms with Crippen molar-refractivity contribution in [1.82, 2.24) is 24.9 Å². The number of likely N-dealkylation sites (N-methyl/N-ethyl adjacent to an activating group) is 1. The summed E-state index contributed by atoms with van der Waals surface area (Å²) in [5.74, 6) is 0. The van der Waals surface area contributed by atoms with Gasteiger partial charge < -0.3 is 5.32 Å². The molecule has 19 heavy (non-hydrogen) atoms. The maximum absolute atomic E-state index is 4.51. The molecule has 0 aliphatic heterocycles. The maximum atomic E-state index is 4.51. The molecule has 0 fully saturated rings. The van der Waals surface area contributed by atoms with Gasteiger partial charge in [0.15, 0.2) is 0 Å². The third kappa shape index (κ3) is 3.23. The van der Waals surface area contributed by atoms with Gasteiger partial charge in [-0.2, -0.15) is 10.2 Å². The lowest BCUT2D eigenvalue weighted by atomic mass is 10.1. The van der Waals surface area contributed by atoms with Crippen LogP contribution in [0.1, 0.15) is 37.0 Å². The van der Waals surface area contributed by atoms with Crippen molar-refractivity contribution in [2.75, 3.05) is 6.54 Å². The third-order valence-corrected chi connectivity index (χ3v) is 3.24. The summed E-state index contributed by atoms with van der Waals surface area (Å²) in [4.78, 5) is 0. The van der Waals surface area contributed by atoms with Gasteiger partial charge in [-0.15, -0.1) is 0 Å². The Kier molecular flexibility index (Phi) is 4.37. The van der Waals surface area contributed by atoms with E-state index >= 15 is 0 Å². The fourth-order valence-electron chi connectivity index (χ4n) is 2.39. The summed E-state index contributed by atoms with van der Waals surface area (Å²) >= 11 is 0. The number of nitrogens with one attached hydrogen (secondary N) is 1. The van der Waals surface area contributed by atoms with Crippen molar-refractivity contribution in [1.29, 1.82) is 0 Å². The molecule has 2 heterocycles. The average Bonchev–Trinajstić information content (AvgIpc) is 2.95. The highest BCUT2D eigenvalue weighted by atomic mass is 15.3. The minimum absolute atomic E-state index is 0.243. The Hall–Kier alpha value is -1.62. The van der Waals surface area contributed by atoms with Crippen LogP contribution in [-0.4, -0.2) is 26.1 Å². The molecule has 0 radical (unpaired) electrons. The summed E-state index contributed by atoms with van der Waals surface area (Å²) in [7, 11) is 1.95. The van der Waals surface area contributed by atoms with Crippen molar-refractivity contribution in [3.63, 3.8) is 0 Å². The molecule has 104 valence electrons. The molecule has 1 atom stereocenters. The van der Waals surface area contributed by atoms with Crippen molar-refractivity contribution in [2.45, 2.75) is 39.8 Å². The summed E-state index contributed by atoms with van der Waals surface area (Å²) in [6.45, 7) is 8.13. The molecule has 2 aromatic rings. The van der Waals surface area contributed by atoms with Crippen molar-refractivity contribution in [3.05, 3.63) is 35.4 Å². The van der Waals surface area contributed by atoms with Crippen LogP contribution >= 0.6 is 0 Å². The van der Waals surface area contributed by atoms with Crippen LogP contribution < -0.4 is 5.32 Å². The number of nitrogens with zero attached hydrogens (tertiary/aromatic N) is 4. The van der Waals surface area contributed by atoms with E-state index in [1.54, 1.807) is 0 Å². The summed E-state index contributed by atoms with van der Waals surface area (Å²) in [5.41, 5.74) is 3.43. The van der Waals surface area contributed by atoms with Crippen molar-refractivity contribution >= 4 is 0 Å². The molecular formula is C14H23N5. The fraction of sp³-hybridized carbons (Fsp3) is 0.571. The molecule has 5 heteroatoms. The Bertz CT molecular complexity index is 526. The Morgan fingerprint density at radius 2 is 2.11 bits per heavy atom. The second kappa shape index (κ2) is 6.02. The average molecular weight is 261 g/mol. The lowest BCUT2D eigenvalue weighted by Gasteiger charge is -2.16. The third-order valence-electron chi connectivity index (χ3n) is 3.24. The van der Waals surface area contributed by atoms with E-state index in [0.717, 1.165) is 30.9 Å². The zero-order valence-corrected chi connectivity index (χ0v) is 12.2. The normalized spacial score (nSPS) is 12.8. The number of aromatic nitrogens is 4. The highest BCUT2D eigenvalue weighted by molar-refractivity contribution is 5.15. The van der Waals surface area contributed by atoms with Gasteiger partial charge in [-0.3, -0.25) is 9.36 Å². The maximum Gasteiger partial charge on any atom is 0.0797 e. The zero-order valence-electron chi connectivity index (χ0n) is 12.2. The van der Waals surface area contributed by atoms with Crippen LogP contribution in [0.3, 0.4) is 0 Å². The SMILES string of the molecule is CCNC(Cc1cc(C)nn1CC)c1ccn(C)n1. The minimum Gasteiger partial charge on any atom is -0.309 e. The van der Waals surface area contributed by atoms with Gasteiger partial charge in [0.2, 0.25) is 0 Å². The summed E-state index contributed by atoms with van der Waals surface area (Å²) < 4.78 is 3.92. The van der Waals surface area contributed by atoms with E-state index in [1.807, 2.05) is 24.9 Å². The molecule has 0 saturated carbocycles. The second-order valence-electron chi connectivity index (χ2n) is 4.82. The molecule has 0 aliphatic rings. The molecule has 1 N–H and O–H groups in total. The fourth-order valence-corrected chi connectivity index (χ4v) is 2.39. The van der Waals surface area contributed by atoms with E-state index in [1.165, 1.54) is 5.69 Å². The molecule has 0 aliphatic carbocycles. The van der Waals surface area contributed by atoms with Crippen molar-refractivity contribution < 1.29 is 0 Å².